The number of thiocarbonyl (C=S) groups is 1. The maximum absolute atomic E-state index is 12.7. The van der Waals surface area contributed by atoms with Gasteiger partial charge >= 0.3 is 0 Å². The number of quaternary nitrogens is 1. The fourth-order valence-corrected chi connectivity index (χ4v) is 3.83. The third kappa shape index (κ3) is 6.82. The first-order valence-electron chi connectivity index (χ1n) is 10.9. The molecule has 2 aromatic rings. The van der Waals surface area contributed by atoms with Gasteiger partial charge in [0.1, 0.15) is 0 Å². The number of aromatic nitrogens is 1. The minimum absolute atomic E-state index is 0.0351. The summed E-state index contributed by atoms with van der Waals surface area (Å²) in [5.41, 5.74) is 2.78. The molecule has 0 radical (unpaired) electrons. The molecule has 2 rings (SSSR count). The zero-order chi connectivity index (χ0) is 21.4. The molecule has 0 bridgehead atoms. The molecule has 0 unspecified atom stereocenters. The van der Waals surface area contributed by atoms with Crippen molar-refractivity contribution in [2.24, 2.45) is 0 Å². The van der Waals surface area contributed by atoms with Gasteiger partial charge in [-0.25, -0.2) is 0 Å². The number of nitrogens with zero attached hydrogens (tertiary/aromatic N) is 1. The highest BCUT2D eigenvalue weighted by molar-refractivity contribution is 7.80. The lowest BCUT2D eigenvalue weighted by atomic mass is 10.1. The van der Waals surface area contributed by atoms with Crippen LogP contribution in [-0.2, 0) is 6.54 Å². The molecule has 0 aliphatic carbocycles. The molecular weight excluding hydrogens is 380 g/mol. The number of benzene rings is 1. The number of fused-ring (bicyclic) bond motifs is 1. The van der Waals surface area contributed by atoms with E-state index in [-0.39, 0.29) is 5.56 Å². The Balaban J connectivity index is 2.21. The van der Waals surface area contributed by atoms with Crippen LogP contribution in [0.25, 0.3) is 10.9 Å². The highest BCUT2D eigenvalue weighted by atomic mass is 32.1. The molecule has 0 aliphatic rings. The van der Waals surface area contributed by atoms with E-state index in [1.807, 2.05) is 18.2 Å². The van der Waals surface area contributed by atoms with Gasteiger partial charge in [-0.15, -0.1) is 0 Å². The molecule has 0 saturated carbocycles. The van der Waals surface area contributed by atoms with Crippen LogP contribution < -0.4 is 15.8 Å². The molecule has 0 amide bonds. The molecule has 0 aliphatic heterocycles. The van der Waals surface area contributed by atoms with Crippen molar-refractivity contribution < 1.29 is 4.90 Å². The molecule has 6 heteroatoms. The van der Waals surface area contributed by atoms with Gasteiger partial charge in [-0.3, -0.25) is 4.79 Å². The molecule has 1 atom stereocenters. The molecule has 1 heterocycles. The van der Waals surface area contributed by atoms with Gasteiger partial charge in [0.05, 0.1) is 26.2 Å². The third-order valence-electron chi connectivity index (χ3n) is 5.67. The lowest BCUT2D eigenvalue weighted by Crippen LogP contribution is -3.11. The molecule has 1 aromatic carbocycles. The van der Waals surface area contributed by atoms with E-state index in [1.54, 1.807) is 4.90 Å². The van der Waals surface area contributed by atoms with Gasteiger partial charge in [0.25, 0.3) is 5.56 Å². The summed E-state index contributed by atoms with van der Waals surface area (Å²) in [6, 6.07) is 8.42. The van der Waals surface area contributed by atoms with Crippen LogP contribution in [0.15, 0.2) is 29.1 Å². The first-order chi connectivity index (χ1) is 13.9. The van der Waals surface area contributed by atoms with Crippen LogP contribution in [0.5, 0.6) is 0 Å². The maximum atomic E-state index is 12.7. The maximum Gasteiger partial charge on any atom is 0.253 e. The quantitative estimate of drug-likeness (QED) is 0.520. The minimum atomic E-state index is -0.0351. The van der Waals surface area contributed by atoms with Crippen LogP contribution in [0.1, 0.15) is 51.7 Å². The summed E-state index contributed by atoms with van der Waals surface area (Å²) in [5, 5.41) is 5.22. The van der Waals surface area contributed by atoms with Crippen LogP contribution in [0.3, 0.4) is 0 Å². The summed E-state index contributed by atoms with van der Waals surface area (Å²) in [4.78, 5) is 19.4. The lowest BCUT2D eigenvalue weighted by molar-refractivity contribution is -0.896. The second-order valence-electron chi connectivity index (χ2n) is 7.96. The molecule has 160 valence electrons. The SMILES string of the molecule is CC[C@@H](C)NC(=S)N(CCC[NH+](CC)CC)Cc1cc2cc(C)ccc2[nH]c1=O. The average molecular weight is 418 g/mol. The fourth-order valence-electron chi connectivity index (χ4n) is 3.47. The molecule has 0 saturated heterocycles. The van der Waals surface area contributed by atoms with E-state index in [1.165, 1.54) is 5.56 Å². The molecule has 5 nitrogen and oxygen atoms in total. The Morgan fingerprint density at radius 2 is 1.97 bits per heavy atom. The van der Waals surface area contributed by atoms with Crippen LogP contribution in [0.2, 0.25) is 0 Å². The van der Waals surface area contributed by atoms with E-state index in [0.717, 1.165) is 60.6 Å². The first kappa shape index (κ1) is 23.4. The van der Waals surface area contributed by atoms with Crippen LogP contribution in [-0.4, -0.2) is 47.2 Å². The van der Waals surface area contributed by atoms with Gasteiger partial charge in [0.2, 0.25) is 0 Å². The Hall–Kier alpha value is -1.92. The van der Waals surface area contributed by atoms with E-state index in [4.69, 9.17) is 12.2 Å². The van der Waals surface area contributed by atoms with Gasteiger partial charge in [0.15, 0.2) is 5.11 Å². The van der Waals surface area contributed by atoms with Gasteiger partial charge in [-0.1, -0.05) is 18.6 Å². The van der Waals surface area contributed by atoms with Crippen molar-refractivity contribution >= 4 is 28.2 Å². The highest BCUT2D eigenvalue weighted by Gasteiger charge is 2.15. The second-order valence-corrected chi connectivity index (χ2v) is 8.34. The number of hydrogen-bond acceptors (Lipinski definition) is 2. The van der Waals surface area contributed by atoms with E-state index in [9.17, 15) is 4.79 Å². The van der Waals surface area contributed by atoms with Crippen molar-refractivity contribution in [3.05, 3.63) is 45.7 Å². The summed E-state index contributed by atoms with van der Waals surface area (Å²) < 4.78 is 0. The van der Waals surface area contributed by atoms with E-state index < -0.39 is 0 Å². The minimum Gasteiger partial charge on any atom is -0.360 e. The Labute approximate surface area is 180 Å². The number of nitrogens with one attached hydrogen (secondary N) is 3. The Morgan fingerprint density at radius 1 is 1.24 bits per heavy atom. The lowest BCUT2D eigenvalue weighted by Gasteiger charge is -2.28. The smallest absolute Gasteiger partial charge is 0.253 e. The zero-order valence-corrected chi connectivity index (χ0v) is 19.4. The second kappa shape index (κ2) is 11.3. The van der Waals surface area contributed by atoms with Gasteiger partial charge in [-0.05, 0) is 69.9 Å². The van der Waals surface area contributed by atoms with E-state index in [2.05, 4.69) is 55.9 Å². The molecule has 3 N–H and O–H groups in total. The summed E-state index contributed by atoms with van der Waals surface area (Å²) in [6.07, 6.45) is 2.05. The van der Waals surface area contributed by atoms with Crippen LogP contribution in [0.4, 0.5) is 0 Å². The van der Waals surface area contributed by atoms with Crippen LogP contribution >= 0.6 is 12.2 Å². The number of aryl methyl sites for hydroxylation is 1. The molecular formula is C23H37N4OS+. The molecule has 29 heavy (non-hydrogen) atoms. The fraction of sp³-hybridized carbons (Fsp3) is 0.565. The number of hydrogen-bond donors (Lipinski definition) is 3. The third-order valence-corrected chi connectivity index (χ3v) is 6.04. The Kier molecular flexibility index (Phi) is 9.11. The van der Waals surface area contributed by atoms with E-state index >= 15 is 0 Å². The summed E-state index contributed by atoms with van der Waals surface area (Å²) >= 11 is 5.71. The van der Waals surface area contributed by atoms with Gasteiger partial charge < -0.3 is 20.1 Å². The van der Waals surface area contributed by atoms with Crippen molar-refractivity contribution in [3.8, 4) is 0 Å². The van der Waals surface area contributed by atoms with E-state index in [0.29, 0.717) is 12.6 Å². The standard InChI is InChI=1S/C23H36N4OS/c1-6-18(5)24-23(29)27(13-9-12-26(7-2)8-3)16-20-15-19-14-17(4)10-11-21(19)25-22(20)28/h10-11,14-15,18H,6-9,12-13,16H2,1-5H3,(H,24,29)(H,25,28)/p+1/t18-/m1/s1. The van der Waals surface area contributed by atoms with Crippen molar-refractivity contribution in [3.63, 3.8) is 0 Å². The van der Waals surface area contributed by atoms with Crippen LogP contribution in [0, 0.1) is 6.92 Å². The average Bonchev–Trinajstić information content (AvgIpc) is 2.70. The van der Waals surface area contributed by atoms with Crippen molar-refractivity contribution in [2.45, 2.75) is 60.0 Å². The Morgan fingerprint density at radius 3 is 2.62 bits per heavy atom. The van der Waals surface area contributed by atoms with Gasteiger partial charge in [-0.2, -0.15) is 0 Å². The van der Waals surface area contributed by atoms with Crippen molar-refractivity contribution in [1.82, 2.24) is 15.2 Å². The summed E-state index contributed by atoms with van der Waals surface area (Å²) in [6.45, 7) is 15.5. The summed E-state index contributed by atoms with van der Waals surface area (Å²) in [7, 11) is 0. The Bertz CT molecular complexity index is 860. The number of rotatable bonds is 10. The van der Waals surface area contributed by atoms with Crippen molar-refractivity contribution in [1.29, 1.82) is 0 Å². The number of aromatic amines is 1. The predicted molar refractivity (Wildman–Crippen MR) is 127 cm³/mol. The molecule has 0 spiro atoms. The molecule has 1 aromatic heterocycles. The van der Waals surface area contributed by atoms with Gasteiger partial charge in [0, 0.05) is 30.1 Å². The first-order valence-corrected chi connectivity index (χ1v) is 11.3. The zero-order valence-electron chi connectivity index (χ0n) is 18.6. The monoisotopic (exact) mass is 417 g/mol. The highest BCUT2D eigenvalue weighted by Crippen LogP contribution is 2.14. The summed E-state index contributed by atoms with van der Waals surface area (Å²) in [5.74, 6) is 0. The predicted octanol–water partition coefficient (Wildman–Crippen LogP) is 2.63. The number of H-pyrrole nitrogens is 1. The largest absolute Gasteiger partial charge is 0.360 e. The molecule has 0 fully saturated rings. The van der Waals surface area contributed by atoms with Crippen molar-refractivity contribution in [2.75, 3.05) is 26.2 Å². The topological polar surface area (TPSA) is 52.6 Å². The normalized spacial score (nSPS) is 12.3. The number of pyridine rings is 1.